The van der Waals surface area contributed by atoms with E-state index in [1.807, 2.05) is 6.08 Å². The van der Waals surface area contributed by atoms with E-state index in [1.54, 1.807) is 13.0 Å². The molecule has 2 atom stereocenters. The highest BCUT2D eigenvalue weighted by atomic mass is 16.5. The van der Waals surface area contributed by atoms with E-state index in [1.165, 1.54) is 6.08 Å². The Labute approximate surface area is 133 Å². The molecular weight excluding hydrogens is 276 g/mol. The Kier molecular flexibility index (Phi) is 8.72. The van der Waals surface area contributed by atoms with E-state index in [0.29, 0.717) is 17.2 Å². The Bertz CT molecular complexity index is 499. The van der Waals surface area contributed by atoms with Gasteiger partial charge in [0, 0.05) is 5.70 Å². The van der Waals surface area contributed by atoms with E-state index in [4.69, 9.17) is 16.2 Å². The molecule has 0 radical (unpaired) electrons. The number of aliphatic hydroxyl groups excluding tert-OH is 1. The van der Waals surface area contributed by atoms with E-state index >= 15 is 0 Å². The third-order valence-corrected chi connectivity index (χ3v) is 3.05. The van der Waals surface area contributed by atoms with Crippen LogP contribution in [0.4, 0.5) is 0 Å². The van der Waals surface area contributed by atoms with Gasteiger partial charge in [0.25, 0.3) is 0 Å². The second-order valence-corrected chi connectivity index (χ2v) is 5.40. The lowest BCUT2D eigenvalue weighted by atomic mass is 9.95. The third kappa shape index (κ3) is 8.87. The highest BCUT2D eigenvalue weighted by molar-refractivity contribution is 5.30. The Hall–Kier alpha value is -2.20. The van der Waals surface area contributed by atoms with Crippen LogP contribution in [0.2, 0.25) is 0 Å². The van der Waals surface area contributed by atoms with Crippen molar-refractivity contribution in [3.05, 3.63) is 73.0 Å². The summed E-state index contributed by atoms with van der Waals surface area (Å²) < 4.78 is 5.39. The Balaban J connectivity index is 4.44. The molecule has 0 saturated carbocycles. The molecule has 0 amide bonds. The maximum Gasteiger partial charge on any atom is 0.143 e. The average molecular weight is 304 g/mol. The van der Waals surface area contributed by atoms with Crippen LogP contribution in [0, 0.1) is 5.92 Å². The first-order chi connectivity index (χ1) is 10.1. The minimum Gasteiger partial charge on any atom is -0.456 e. The smallest absolute Gasteiger partial charge is 0.143 e. The lowest BCUT2D eigenvalue weighted by Gasteiger charge is -2.13. The van der Waals surface area contributed by atoms with Crippen LogP contribution in [-0.2, 0) is 4.74 Å². The van der Waals surface area contributed by atoms with E-state index in [9.17, 15) is 5.11 Å². The second kappa shape index (κ2) is 9.68. The van der Waals surface area contributed by atoms with Crippen molar-refractivity contribution in [1.82, 2.24) is 0 Å². The molecule has 0 aromatic carbocycles. The molecule has 122 valence electrons. The van der Waals surface area contributed by atoms with Crippen LogP contribution in [0.15, 0.2) is 73.0 Å². The summed E-state index contributed by atoms with van der Waals surface area (Å²) in [6, 6.07) is 0. The van der Waals surface area contributed by atoms with Gasteiger partial charge in [0.15, 0.2) is 0 Å². The predicted molar refractivity (Wildman–Crippen MR) is 93.3 cm³/mol. The molecule has 0 saturated heterocycles. The largest absolute Gasteiger partial charge is 0.456 e. The van der Waals surface area contributed by atoms with Gasteiger partial charge >= 0.3 is 0 Å². The molecule has 4 nitrogen and oxygen atoms in total. The molecule has 0 aliphatic heterocycles. The van der Waals surface area contributed by atoms with Gasteiger partial charge in [0.05, 0.1) is 11.8 Å². The quantitative estimate of drug-likeness (QED) is 0.427. The van der Waals surface area contributed by atoms with Crippen molar-refractivity contribution < 1.29 is 9.84 Å². The molecule has 0 spiro atoms. The number of hydrogen-bond acceptors (Lipinski definition) is 4. The third-order valence-electron chi connectivity index (χ3n) is 3.05. The molecule has 0 fully saturated rings. The minimum absolute atomic E-state index is 0.258. The molecule has 0 aromatic rings. The summed E-state index contributed by atoms with van der Waals surface area (Å²) in [7, 11) is 0. The molecular formula is C18H28N2O2. The van der Waals surface area contributed by atoms with Crippen LogP contribution in [0.3, 0.4) is 0 Å². The van der Waals surface area contributed by atoms with E-state index in [-0.39, 0.29) is 17.8 Å². The standard InChI is InChI=1S/C18H28N2O2/c1-12(7-9-15(4)21)13(2)8-10-16(5)22-17(6)18(20)11-14(3)19/h8,10-12,15,21H,2-3,5-7,9,19-20H2,1,4H3/b10-8-,18-11+. The molecule has 4 heteroatoms. The second-order valence-electron chi connectivity index (χ2n) is 5.40. The van der Waals surface area contributed by atoms with Crippen LogP contribution in [0.25, 0.3) is 0 Å². The van der Waals surface area contributed by atoms with E-state index in [2.05, 4.69) is 33.2 Å². The lowest BCUT2D eigenvalue weighted by Crippen LogP contribution is -2.06. The van der Waals surface area contributed by atoms with Crippen molar-refractivity contribution in [2.45, 2.75) is 32.8 Å². The molecule has 0 bridgehead atoms. The zero-order valence-electron chi connectivity index (χ0n) is 13.6. The van der Waals surface area contributed by atoms with Gasteiger partial charge in [-0.15, -0.1) is 0 Å². The van der Waals surface area contributed by atoms with E-state index in [0.717, 1.165) is 18.4 Å². The first kappa shape index (κ1) is 19.8. The topological polar surface area (TPSA) is 81.5 Å². The van der Waals surface area contributed by atoms with Gasteiger partial charge in [-0.3, -0.25) is 0 Å². The number of rotatable bonds is 10. The fourth-order valence-electron chi connectivity index (χ4n) is 1.57. The van der Waals surface area contributed by atoms with Crippen LogP contribution in [-0.4, -0.2) is 11.2 Å². The van der Waals surface area contributed by atoms with Crippen molar-refractivity contribution in [1.29, 1.82) is 0 Å². The van der Waals surface area contributed by atoms with Crippen molar-refractivity contribution in [2.75, 3.05) is 0 Å². The first-order valence-electron chi connectivity index (χ1n) is 7.16. The van der Waals surface area contributed by atoms with Crippen molar-refractivity contribution in [2.24, 2.45) is 17.4 Å². The van der Waals surface area contributed by atoms with Gasteiger partial charge in [0.1, 0.15) is 11.5 Å². The molecule has 0 aliphatic rings. The van der Waals surface area contributed by atoms with Crippen LogP contribution in [0.5, 0.6) is 0 Å². The van der Waals surface area contributed by atoms with Crippen LogP contribution >= 0.6 is 0 Å². The fourth-order valence-corrected chi connectivity index (χ4v) is 1.57. The molecule has 5 N–H and O–H groups in total. The SMILES string of the molecule is C=C(N)/C=C(/N)C(=C)OC(=C)/C=C\C(=C)C(C)CCC(C)O. The molecule has 22 heavy (non-hydrogen) atoms. The van der Waals surface area contributed by atoms with Crippen molar-refractivity contribution in [3.63, 3.8) is 0 Å². The molecule has 0 heterocycles. The highest BCUT2D eigenvalue weighted by Gasteiger charge is 2.06. The lowest BCUT2D eigenvalue weighted by molar-refractivity contribution is 0.177. The average Bonchev–Trinajstić information content (AvgIpc) is 2.41. The van der Waals surface area contributed by atoms with Gasteiger partial charge in [0.2, 0.25) is 0 Å². The predicted octanol–water partition coefficient (Wildman–Crippen LogP) is 3.25. The summed E-state index contributed by atoms with van der Waals surface area (Å²) >= 11 is 0. The number of allylic oxidation sites excluding steroid dienone is 4. The maximum absolute atomic E-state index is 9.29. The Morgan fingerprint density at radius 1 is 1.09 bits per heavy atom. The van der Waals surface area contributed by atoms with Crippen LogP contribution in [0.1, 0.15) is 26.7 Å². The molecule has 0 aromatic heterocycles. The van der Waals surface area contributed by atoms with Gasteiger partial charge in [-0.25, -0.2) is 0 Å². The normalized spacial score (nSPS) is 14.4. The van der Waals surface area contributed by atoms with Crippen LogP contribution < -0.4 is 11.5 Å². The number of nitrogens with two attached hydrogens (primary N) is 2. The summed E-state index contributed by atoms with van der Waals surface area (Å²) in [5.74, 6) is 0.925. The number of ether oxygens (including phenoxy) is 1. The maximum atomic E-state index is 9.29. The summed E-state index contributed by atoms with van der Waals surface area (Å²) in [5.41, 5.74) is 12.7. The van der Waals surface area contributed by atoms with Gasteiger partial charge < -0.3 is 21.3 Å². The summed E-state index contributed by atoms with van der Waals surface area (Å²) in [4.78, 5) is 0. The van der Waals surface area contributed by atoms with Crippen molar-refractivity contribution in [3.8, 4) is 0 Å². The highest BCUT2D eigenvalue weighted by Crippen LogP contribution is 2.18. The number of aliphatic hydroxyl groups is 1. The minimum atomic E-state index is -0.298. The zero-order valence-corrected chi connectivity index (χ0v) is 13.6. The van der Waals surface area contributed by atoms with Gasteiger partial charge in [-0.2, -0.15) is 0 Å². The monoisotopic (exact) mass is 304 g/mol. The molecule has 0 rings (SSSR count). The number of hydrogen-bond donors (Lipinski definition) is 3. The van der Waals surface area contributed by atoms with Crippen molar-refractivity contribution >= 4 is 0 Å². The summed E-state index contributed by atoms with van der Waals surface area (Å²) in [5, 5.41) is 9.29. The Morgan fingerprint density at radius 2 is 1.68 bits per heavy atom. The fraction of sp³-hybridized carbons (Fsp3) is 0.333. The summed E-state index contributed by atoms with van der Waals surface area (Å²) in [6.07, 6.45) is 6.33. The molecule has 0 aliphatic carbocycles. The first-order valence-corrected chi connectivity index (χ1v) is 7.16. The van der Waals surface area contributed by atoms with E-state index < -0.39 is 0 Å². The zero-order chi connectivity index (χ0) is 17.3. The van der Waals surface area contributed by atoms with Gasteiger partial charge in [-0.05, 0) is 37.8 Å². The Morgan fingerprint density at radius 3 is 2.18 bits per heavy atom. The summed E-state index contributed by atoms with van der Waals surface area (Å²) in [6.45, 7) is 18.8. The van der Waals surface area contributed by atoms with Gasteiger partial charge in [-0.1, -0.05) is 44.9 Å². The molecule has 2 unspecified atom stereocenters.